The zero-order valence-corrected chi connectivity index (χ0v) is 13.5. The number of hydrogen-bond acceptors (Lipinski definition) is 3. The van der Waals surface area contributed by atoms with Crippen molar-refractivity contribution in [1.82, 2.24) is 0 Å². The Labute approximate surface area is 132 Å². The zero-order valence-electron chi connectivity index (χ0n) is 11.9. The molecule has 4 nitrogen and oxygen atoms in total. The van der Waals surface area contributed by atoms with Gasteiger partial charge < -0.3 is 15.4 Å². The fraction of sp³-hybridized carbons (Fsp3) is 0.188. The second-order valence-corrected chi connectivity index (χ2v) is 5.43. The van der Waals surface area contributed by atoms with Gasteiger partial charge in [0.05, 0.1) is 7.11 Å². The number of benzene rings is 2. The van der Waals surface area contributed by atoms with Crippen molar-refractivity contribution in [2.24, 2.45) is 0 Å². The van der Waals surface area contributed by atoms with Gasteiger partial charge in [-0.1, -0.05) is 22.0 Å². The molecule has 2 aromatic carbocycles. The van der Waals surface area contributed by atoms with Crippen LogP contribution in [0.3, 0.4) is 0 Å². The average molecular weight is 349 g/mol. The van der Waals surface area contributed by atoms with E-state index < -0.39 is 0 Å². The van der Waals surface area contributed by atoms with E-state index in [0.29, 0.717) is 6.54 Å². The second-order valence-electron chi connectivity index (χ2n) is 4.57. The van der Waals surface area contributed by atoms with E-state index in [9.17, 15) is 4.79 Å². The predicted molar refractivity (Wildman–Crippen MR) is 88.8 cm³/mol. The van der Waals surface area contributed by atoms with Gasteiger partial charge in [-0.05, 0) is 42.0 Å². The highest BCUT2D eigenvalue weighted by atomic mass is 79.9. The normalized spacial score (nSPS) is 10.0. The summed E-state index contributed by atoms with van der Waals surface area (Å²) < 4.78 is 6.25. The van der Waals surface area contributed by atoms with Gasteiger partial charge in [0, 0.05) is 29.3 Å². The number of halogens is 1. The molecule has 5 heteroatoms. The van der Waals surface area contributed by atoms with E-state index in [1.54, 1.807) is 7.11 Å². The Kier molecular flexibility index (Phi) is 5.22. The lowest BCUT2D eigenvalue weighted by Gasteiger charge is -2.11. The first-order valence-electron chi connectivity index (χ1n) is 6.52. The molecule has 0 saturated heterocycles. The zero-order chi connectivity index (χ0) is 15.2. The van der Waals surface area contributed by atoms with Gasteiger partial charge >= 0.3 is 0 Å². The van der Waals surface area contributed by atoms with E-state index in [2.05, 4.69) is 26.6 Å². The first kappa shape index (κ1) is 15.4. The molecule has 0 spiro atoms. The molecule has 1 amide bonds. The van der Waals surface area contributed by atoms with Gasteiger partial charge in [-0.3, -0.25) is 4.79 Å². The maximum absolute atomic E-state index is 11.1. The molecule has 110 valence electrons. The molecule has 0 saturated carbocycles. The van der Waals surface area contributed by atoms with Crippen molar-refractivity contribution in [1.29, 1.82) is 0 Å². The summed E-state index contributed by atoms with van der Waals surface area (Å²) in [6, 6.07) is 13.5. The Hall–Kier alpha value is -2.01. The Morgan fingerprint density at radius 2 is 1.95 bits per heavy atom. The van der Waals surface area contributed by atoms with Crippen molar-refractivity contribution >= 4 is 33.2 Å². The predicted octanol–water partition coefficient (Wildman–Crippen LogP) is 4.03. The van der Waals surface area contributed by atoms with Crippen molar-refractivity contribution in [3.8, 4) is 5.75 Å². The van der Waals surface area contributed by atoms with Crippen molar-refractivity contribution < 1.29 is 9.53 Å². The monoisotopic (exact) mass is 348 g/mol. The molecule has 21 heavy (non-hydrogen) atoms. The number of carbonyl (C=O) groups is 1. The van der Waals surface area contributed by atoms with Crippen LogP contribution in [0.4, 0.5) is 11.4 Å². The summed E-state index contributed by atoms with van der Waals surface area (Å²) in [6.07, 6.45) is 0. The van der Waals surface area contributed by atoms with Gasteiger partial charge in [0.1, 0.15) is 5.75 Å². The van der Waals surface area contributed by atoms with E-state index in [0.717, 1.165) is 27.2 Å². The summed E-state index contributed by atoms with van der Waals surface area (Å²) in [5, 5.41) is 6.09. The van der Waals surface area contributed by atoms with Gasteiger partial charge in [0.2, 0.25) is 5.91 Å². The molecule has 0 aliphatic carbocycles. The van der Waals surface area contributed by atoms with Crippen LogP contribution in [0.15, 0.2) is 46.9 Å². The van der Waals surface area contributed by atoms with Crippen molar-refractivity contribution in [3.05, 3.63) is 52.5 Å². The van der Waals surface area contributed by atoms with Crippen LogP contribution in [0.25, 0.3) is 0 Å². The van der Waals surface area contributed by atoms with E-state index in [1.165, 1.54) is 6.92 Å². The lowest BCUT2D eigenvalue weighted by atomic mass is 10.2. The number of amides is 1. The number of rotatable bonds is 5. The lowest BCUT2D eigenvalue weighted by Crippen LogP contribution is -2.06. The Morgan fingerprint density at radius 1 is 1.19 bits per heavy atom. The molecule has 0 aliphatic heterocycles. The minimum atomic E-state index is -0.0808. The summed E-state index contributed by atoms with van der Waals surface area (Å²) in [5.41, 5.74) is 2.81. The Balaban J connectivity index is 2.07. The minimum Gasteiger partial charge on any atom is -0.497 e. The van der Waals surface area contributed by atoms with Crippen LogP contribution in [0, 0.1) is 0 Å². The second kappa shape index (κ2) is 7.13. The van der Waals surface area contributed by atoms with Gasteiger partial charge in [-0.25, -0.2) is 0 Å². The summed E-state index contributed by atoms with van der Waals surface area (Å²) in [4.78, 5) is 11.1. The maximum Gasteiger partial charge on any atom is 0.221 e. The quantitative estimate of drug-likeness (QED) is 0.857. The van der Waals surface area contributed by atoms with Gasteiger partial charge in [-0.15, -0.1) is 0 Å². The van der Waals surface area contributed by atoms with E-state index in [4.69, 9.17) is 4.74 Å². The molecule has 0 bridgehead atoms. The number of ether oxygens (including phenoxy) is 1. The highest BCUT2D eigenvalue weighted by molar-refractivity contribution is 9.10. The van der Waals surface area contributed by atoms with Crippen LogP contribution in [-0.2, 0) is 11.3 Å². The fourth-order valence-electron chi connectivity index (χ4n) is 1.92. The molecule has 2 N–H and O–H groups in total. The molecule has 0 heterocycles. The highest BCUT2D eigenvalue weighted by Crippen LogP contribution is 2.24. The molecule has 0 fully saturated rings. The van der Waals surface area contributed by atoms with Gasteiger partial charge in [0.25, 0.3) is 0 Å². The largest absolute Gasteiger partial charge is 0.497 e. The van der Waals surface area contributed by atoms with Crippen molar-refractivity contribution in [2.45, 2.75) is 13.5 Å². The molecule has 0 aliphatic rings. The molecule has 2 rings (SSSR count). The molecule has 0 radical (unpaired) electrons. The van der Waals surface area contributed by atoms with E-state index in [-0.39, 0.29) is 5.91 Å². The topological polar surface area (TPSA) is 50.4 Å². The van der Waals surface area contributed by atoms with Gasteiger partial charge in [-0.2, -0.15) is 0 Å². The van der Waals surface area contributed by atoms with Crippen molar-refractivity contribution in [3.63, 3.8) is 0 Å². The first-order valence-corrected chi connectivity index (χ1v) is 7.31. The molecule has 0 aromatic heterocycles. The standard InChI is InChI=1S/C16H17BrN2O2/c1-11(20)19-14-5-3-4-13(9-14)18-10-12-8-15(21-2)6-7-16(12)17/h3-9,18H,10H2,1-2H3,(H,19,20). The van der Waals surface area contributed by atoms with Crippen LogP contribution in [-0.4, -0.2) is 13.0 Å². The van der Waals surface area contributed by atoms with Crippen LogP contribution < -0.4 is 15.4 Å². The molecule has 0 atom stereocenters. The molecule has 0 unspecified atom stereocenters. The van der Waals surface area contributed by atoms with Crippen molar-refractivity contribution in [2.75, 3.05) is 17.7 Å². The summed E-state index contributed by atoms with van der Waals surface area (Å²) in [5.74, 6) is 0.740. The number of carbonyl (C=O) groups excluding carboxylic acids is 1. The summed E-state index contributed by atoms with van der Waals surface area (Å²) in [7, 11) is 1.65. The smallest absolute Gasteiger partial charge is 0.221 e. The highest BCUT2D eigenvalue weighted by Gasteiger charge is 2.03. The fourth-order valence-corrected chi connectivity index (χ4v) is 2.31. The van der Waals surface area contributed by atoms with Crippen LogP contribution in [0.1, 0.15) is 12.5 Å². The molecular formula is C16H17BrN2O2. The third kappa shape index (κ3) is 4.49. The van der Waals surface area contributed by atoms with Crippen LogP contribution in [0.2, 0.25) is 0 Å². The SMILES string of the molecule is COc1ccc(Br)c(CNc2cccc(NC(C)=O)c2)c1. The number of nitrogens with one attached hydrogen (secondary N) is 2. The number of anilines is 2. The molecular weight excluding hydrogens is 332 g/mol. The molecule has 2 aromatic rings. The van der Waals surface area contributed by atoms with E-state index in [1.807, 2.05) is 42.5 Å². The first-order chi connectivity index (χ1) is 10.1. The third-order valence-electron chi connectivity index (χ3n) is 2.92. The number of hydrogen-bond donors (Lipinski definition) is 2. The Morgan fingerprint density at radius 3 is 2.67 bits per heavy atom. The number of methoxy groups -OCH3 is 1. The maximum atomic E-state index is 11.1. The summed E-state index contributed by atoms with van der Waals surface area (Å²) in [6.45, 7) is 2.15. The average Bonchev–Trinajstić information content (AvgIpc) is 2.46. The van der Waals surface area contributed by atoms with Crippen LogP contribution in [0.5, 0.6) is 5.75 Å². The minimum absolute atomic E-state index is 0.0808. The Bertz CT molecular complexity index is 644. The summed E-state index contributed by atoms with van der Waals surface area (Å²) >= 11 is 3.53. The van der Waals surface area contributed by atoms with E-state index >= 15 is 0 Å². The third-order valence-corrected chi connectivity index (χ3v) is 3.69. The van der Waals surface area contributed by atoms with Crippen LogP contribution >= 0.6 is 15.9 Å². The van der Waals surface area contributed by atoms with Gasteiger partial charge in [0.15, 0.2) is 0 Å². The lowest BCUT2D eigenvalue weighted by molar-refractivity contribution is -0.114.